The number of hydrogen-bond acceptors (Lipinski definition) is 3. The smallest absolute Gasteiger partial charge is 0.228 e. The van der Waals surface area contributed by atoms with Crippen LogP contribution in [0.2, 0.25) is 0 Å². The summed E-state index contributed by atoms with van der Waals surface area (Å²) >= 11 is 0. The topological polar surface area (TPSA) is 72.6 Å². The number of hydrogen-bond donors (Lipinski definition) is 2. The van der Waals surface area contributed by atoms with Crippen molar-refractivity contribution in [1.82, 2.24) is 0 Å². The van der Waals surface area contributed by atoms with Gasteiger partial charge < -0.3 is 15.6 Å². The number of carbonyl (C=O) groups is 1. The van der Waals surface area contributed by atoms with Crippen LogP contribution in [0.5, 0.6) is 0 Å². The lowest BCUT2D eigenvalue weighted by Gasteiger charge is -2.21. The van der Waals surface area contributed by atoms with Crippen LogP contribution in [0.4, 0.5) is 0 Å². The van der Waals surface area contributed by atoms with E-state index in [1.54, 1.807) is 6.92 Å². The second-order valence-electron chi connectivity index (χ2n) is 2.52. The van der Waals surface area contributed by atoms with Gasteiger partial charge in [-0.1, -0.05) is 0 Å². The molecule has 0 bridgehead atoms. The van der Waals surface area contributed by atoms with Crippen LogP contribution in [0.25, 0.3) is 0 Å². The van der Waals surface area contributed by atoms with Crippen LogP contribution in [0, 0.1) is 5.41 Å². The molecular formula is C6H13NO3. The quantitative estimate of drug-likeness (QED) is 0.542. The molecule has 0 rings (SSSR count). The number of aliphatic hydroxyl groups is 1. The second kappa shape index (κ2) is 3.53. The summed E-state index contributed by atoms with van der Waals surface area (Å²) < 4.78 is 4.70. The van der Waals surface area contributed by atoms with Crippen molar-refractivity contribution < 1.29 is 14.6 Å². The zero-order valence-electron chi connectivity index (χ0n) is 6.26. The number of carbonyl (C=O) groups excluding carboxylic acids is 1. The first-order chi connectivity index (χ1) is 4.56. The van der Waals surface area contributed by atoms with Crippen molar-refractivity contribution in [3.05, 3.63) is 0 Å². The van der Waals surface area contributed by atoms with Crippen molar-refractivity contribution in [3.8, 4) is 0 Å². The van der Waals surface area contributed by atoms with E-state index >= 15 is 0 Å². The molecule has 0 saturated heterocycles. The Labute approximate surface area is 60.0 Å². The van der Waals surface area contributed by atoms with Gasteiger partial charge in [0, 0.05) is 7.11 Å². The number of primary amides is 1. The SMILES string of the molecule is COCC(C)(CO)C(N)=O. The third kappa shape index (κ3) is 1.97. The van der Waals surface area contributed by atoms with Crippen LogP contribution in [0.3, 0.4) is 0 Å². The molecule has 0 aromatic heterocycles. The first kappa shape index (κ1) is 9.39. The molecule has 0 aliphatic carbocycles. The van der Waals surface area contributed by atoms with Crippen LogP contribution in [-0.4, -0.2) is 31.3 Å². The summed E-state index contributed by atoms with van der Waals surface area (Å²) in [5.41, 5.74) is 4.05. The lowest BCUT2D eigenvalue weighted by atomic mass is 9.92. The summed E-state index contributed by atoms with van der Waals surface area (Å²) in [6.45, 7) is 1.42. The van der Waals surface area contributed by atoms with E-state index in [0.717, 1.165) is 0 Å². The molecule has 0 aliphatic heterocycles. The maximum absolute atomic E-state index is 10.6. The van der Waals surface area contributed by atoms with Gasteiger partial charge in [-0.25, -0.2) is 0 Å². The molecule has 4 heteroatoms. The molecule has 0 aliphatic rings. The predicted octanol–water partition coefficient (Wildman–Crippen LogP) is -0.883. The number of ether oxygens (including phenoxy) is 1. The highest BCUT2D eigenvalue weighted by molar-refractivity contribution is 5.80. The maximum Gasteiger partial charge on any atom is 0.228 e. The Hall–Kier alpha value is -0.610. The molecule has 4 nitrogen and oxygen atoms in total. The van der Waals surface area contributed by atoms with Crippen molar-refractivity contribution in [2.45, 2.75) is 6.92 Å². The lowest BCUT2D eigenvalue weighted by Crippen LogP contribution is -2.41. The van der Waals surface area contributed by atoms with E-state index < -0.39 is 11.3 Å². The Morgan fingerprint density at radius 2 is 2.30 bits per heavy atom. The standard InChI is InChI=1S/C6H13NO3/c1-6(3-8,4-10-2)5(7)9/h8H,3-4H2,1-2H3,(H2,7,9). The van der Waals surface area contributed by atoms with E-state index in [4.69, 9.17) is 15.6 Å². The Balaban J connectivity index is 4.08. The molecular weight excluding hydrogens is 134 g/mol. The zero-order valence-corrected chi connectivity index (χ0v) is 6.26. The predicted molar refractivity (Wildman–Crippen MR) is 36.3 cm³/mol. The highest BCUT2D eigenvalue weighted by atomic mass is 16.5. The Morgan fingerprint density at radius 1 is 1.80 bits per heavy atom. The van der Waals surface area contributed by atoms with Gasteiger partial charge in [-0.15, -0.1) is 0 Å². The van der Waals surface area contributed by atoms with Gasteiger partial charge in [-0.05, 0) is 6.92 Å². The van der Waals surface area contributed by atoms with Crippen molar-refractivity contribution in [2.24, 2.45) is 11.1 Å². The van der Waals surface area contributed by atoms with Gasteiger partial charge in [0.25, 0.3) is 0 Å². The molecule has 0 radical (unpaired) electrons. The molecule has 1 amide bonds. The van der Waals surface area contributed by atoms with Crippen LogP contribution in [0.1, 0.15) is 6.92 Å². The van der Waals surface area contributed by atoms with E-state index in [-0.39, 0.29) is 13.2 Å². The maximum atomic E-state index is 10.6. The molecule has 0 aromatic rings. The Kier molecular flexibility index (Phi) is 3.32. The fraction of sp³-hybridized carbons (Fsp3) is 0.833. The molecule has 10 heavy (non-hydrogen) atoms. The molecule has 0 heterocycles. The van der Waals surface area contributed by atoms with Gasteiger partial charge in [-0.2, -0.15) is 0 Å². The van der Waals surface area contributed by atoms with Crippen LogP contribution >= 0.6 is 0 Å². The van der Waals surface area contributed by atoms with Crippen LogP contribution in [-0.2, 0) is 9.53 Å². The van der Waals surface area contributed by atoms with E-state index in [1.165, 1.54) is 7.11 Å². The van der Waals surface area contributed by atoms with E-state index in [2.05, 4.69) is 0 Å². The molecule has 1 atom stereocenters. The summed E-state index contributed by atoms with van der Waals surface area (Å²) in [4.78, 5) is 10.6. The first-order valence-electron chi connectivity index (χ1n) is 2.96. The molecule has 60 valence electrons. The minimum absolute atomic E-state index is 0.152. The third-order valence-electron chi connectivity index (χ3n) is 1.41. The van der Waals surface area contributed by atoms with Gasteiger partial charge >= 0.3 is 0 Å². The number of nitrogens with two attached hydrogens (primary N) is 1. The normalized spacial score (nSPS) is 16.3. The fourth-order valence-corrected chi connectivity index (χ4v) is 0.513. The number of amides is 1. The third-order valence-corrected chi connectivity index (χ3v) is 1.41. The van der Waals surface area contributed by atoms with Crippen molar-refractivity contribution in [3.63, 3.8) is 0 Å². The number of aliphatic hydroxyl groups excluding tert-OH is 1. The Morgan fingerprint density at radius 3 is 2.40 bits per heavy atom. The van der Waals surface area contributed by atoms with Crippen molar-refractivity contribution in [2.75, 3.05) is 20.3 Å². The van der Waals surface area contributed by atoms with Gasteiger partial charge in [0.15, 0.2) is 0 Å². The minimum Gasteiger partial charge on any atom is -0.395 e. The van der Waals surface area contributed by atoms with Gasteiger partial charge in [0.2, 0.25) is 5.91 Å². The summed E-state index contributed by atoms with van der Waals surface area (Å²) in [5, 5.41) is 8.71. The summed E-state index contributed by atoms with van der Waals surface area (Å²) in [7, 11) is 1.46. The second-order valence-corrected chi connectivity index (χ2v) is 2.52. The van der Waals surface area contributed by atoms with E-state index in [0.29, 0.717) is 0 Å². The fourth-order valence-electron chi connectivity index (χ4n) is 0.513. The average Bonchev–Trinajstić information content (AvgIpc) is 1.88. The summed E-state index contributed by atoms with van der Waals surface area (Å²) in [5.74, 6) is -0.545. The number of methoxy groups -OCH3 is 1. The molecule has 0 aromatic carbocycles. The largest absolute Gasteiger partial charge is 0.395 e. The van der Waals surface area contributed by atoms with Gasteiger partial charge in [0.1, 0.15) is 0 Å². The van der Waals surface area contributed by atoms with Crippen LogP contribution in [0.15, 0.2) is 0 Å². The van der Waals surface area contributed by atoms with Crippen molar-refractivity contribution >= 4 is 5.91 Å². The lowest BCUT2D eigenvalue weighted by molar-refractivity contribution is -0.132. The Bertz CT molecular complexity index is 126. The molecule has 1 unspecified atom stereocenters. The van der Waals surface area contributed by atoms with Crippen molar-refractivity contribution in [1.29, 1.82) is 0 Å². The molecule has 0 fully saturated rings. The molecule has 0 saturated carbocycles. The highest BCUT2D eigenvalue weighted by Crippen LogP contribution is 2.13. The van der Waals surface area contributed by atoms with Gasteiger partial charge in [-0.3, -0.25) is 4.79 Å². The summed E-state index contributed by atoms with van der Waals surface area (Å²) in [6, 6.07) is 0. The van der Waals surface area contributed by atoms with E-state index in [9.17, 15) is 4.79 Å². The zero-order chi connectivity index (χ0) is 8.20. The monoisotopic (exact) mass is 147 g/mol. The van der Waals surface area contributed by atoms with Gasteiger partial charge in [0.05, 0.1) is 18.6 Å². The average molecular weight is 147 g/mol. The minimum atomic E-state index is -0.936. The molecule has 3 N–H and O–H groups in total. The van der Waals surface area contributed by atoms with Crippen LogP contribution < -0.4 is 5.73 Å². The number of rotatable bonds is 4. The highest BCUT2D eigenvalue weighted by Gasteiger charge is 2.29. The molecule has 0 spiro atoms. The summed E-state index contributed by atoms with van der Waals surface area (Å²) in [6.07, 6.45) is 0. The first-order valence-corrected chi connectivity index (χ1v) is 2.96. The van der Waals surface area contributed by atoms with E-state index in [1.807, 2.05) is 0 Å².